The molecule has 22 heavy (non-hydrogen) atoms. The number of rotatable bonds is 1. The van der Waals surface area contributed by atoms with Crippen molar-refractivity contribution in [2.75, 3.05) is 10.6 Å². The predicted octanol–water partition coefficient (Wildman–Crippen LogP) is 2.30. The van der Waals surface area contributed by atoms with Crippen molar-refractivity contribution < 1.29 is 9.42 Å². The second-order valence-corrected chi connectivity index (χ2v) is 5.78. The highest BCUT2D eigenvalue weighted by atomic mass is 16.6. The molecule has 1 aliphatic heterocycles. The minimum absolute atomic E-state index is 0.143. The zero-order valence-electron chi connectivity index (χ0n) is 12.0. The summed E-state index contributed by atoms with van der Waals surface area (Å²) >= 11 is 0. The first-order chi connectivity index (χ1) is 10.7. The summed E-state index contributed by atoms with van der Waals surface area (Å²) in [6.07, 6.45) is 4.81. The summed E-state index contributed by atoms with van der Waals surface area (Å²) < 4.78 is 4.79. The van der Waals surface area contributed by atoms with Crippen molar-refractivity contribution >= 4 is 17.4 Å². The molecule has 1 aliphatic carbocycles. The van der Waals surface area contributed by atoms with Crippen molar-refractivity contribution in [1.29, 1.82) is 0 Å². The highest BCUT2D eigenvalue weighted by molar-refractivity contribution is 6.00. The molecule has 7 nitrogen and oxygen atoms in total. The van der Waals surface area contributed by atoms with Crippen molar-refractivity contribution in [1.82, 2.24) is 15.3 Å². The molecule has 0 amide bonds. The van der Waals surface area contributed by atoms with Crippen LogP contribution in [-0.2, 0) is 4.79 Å². The third-order valence-electron chi connectivity index (χ3n) is 4.06. The lowest BCUT2D eigenvalue weighted by Crippen LogP contribution is -2.26. The van der Waals surface area contributed by atoms with E-state index in [1.165, 1.54) is 0 Å². The fourth-order valence-electron chi connectivity index (χ4n) is 3.09. The Bertz CT molecular complexity index is 752. The molecule has 4 rings (SSSR count). The van der Waals surface area contributed by atoms with Gasteiger partial charge in [-0.3, -0.25) is 9.78 Å². The molecule has 0 spiro atoms. The number of nitrogens with one attached hydrogen (secondary N) is 2. The fraction of sp³-hybridized carbons (Fsp3) is 0.333. The maximum atomic E-state index is 12.6. The third kappa shape index (κ3) is 2.05. The van der Waals surface area contributed by atoms with Gasteiger partial charge < -0.3 is 10.6 Å². The van der Waals surface area contributed by atoms with E-state index in [2.05, 4.69) is 32.9 Å². The van der Waals surface area contributed by atoms with Crippen LogP contribution >= 0.6 is 0 Å². The van der Waals surface area contributed by atoms with Gasteiger partial charge >= 0.3 is 0 Å². The molecule has 0 fully saturated rings. The van der Waals surface area contributed by atoms with Crippen LogP contribution in [0.2, 0.25) is 0 Å². The molecule has 2 atom stereocenters. The molecular formula is C15H15N5O2. The van der Waals surface area contributed by atoms with E-state index < -0.39 is 0 Å². The van der Waals surface area contributed by atoms with E-state index >= 15 is 0 Å². The summed E-state index contributed by atoms with van der Waals surface area (Å²) in [7, 11) is 0. The number of fused-ring (bicyclic) bond motifs is 1. The number of pyridine rings is 1. The topological polar surface area (TPSA) is 92.9 Å². The second-order valence-electron chi connectivity index (χ2n) is 5.78. The predicted molar refractivity (Wildman–Crippen MR) is 79.0 cm³/mol. The first-order valence-corrected chi connectivity index (χ1v) is 7.24. The number of carbonyl (C=O) groups excluding carboxylic acids is 1. The Morgan fingerprint density at radius 3 is 2.95 bits per heavy atom. The fourth-order valence-corrected chi connectivity index (χ4v) is 3.09. The average Bonchev–Trinajstić information content (AvgIpc) is 2.87. The van der Waals surface area contributed by atoms with Crippen molar-refractivity contribution in [3.63, 3.8) is 0 Å². The SMILES string of the molecule is C[C@H]1CC(=O)C2=C(C1)Nc1nonc1N[C@@H]2c1cccnc1. The van der Waals surface area contributed by atoms with Crippen molar-refractivity contribution in [2.45, 2.75) is 25.8 Å². The lowest BCUT2D eigenvalue weighted by atomic mass is 9.82. The zero-order chi connectivity index (χ0) is 15.1. The van der Waals surface area contributed by atoms with E-state index in [0.29, 0.717) is 24.0 Å². The second kappa shape index (κ2) is 4.94. The van der Waals surface area contributed by atoms with Gasteiger partial charge in [0.1, 0.15) is 0 Å². The van der Waals surface area contributed by atoms with Gasteiger partial charge in [0.05, 0.1) is 6.04 Å². The van der Waals surface area contributed by atoms with Gasteiger partial charge in [-0.15, -0.1) is 0 Å². The monoisotopic (exact) mass is 297 g/mol. The van der Waals surface area contributed by atoms with Crippen LogP contribution in [0.4, 0.5) is 11.6 Å². The Morgan fingerprint density at radius 2 is 2.14 bits per heavy atom. The number of ketones is 1. The molecule has 7 heteroatoms. The molecule has 2 aromatic heterocycles. The number of Topliss-reactive ketones (excluding diaryl/α,β-unsaturated/α-hetero) is 1. The van der Waals surface area contributed by atoms with Gasteiger partial charge in [-0.05, 0) is 34.3 Å². The molecule has 3 heterocycles. The van der Waals surface area contributed by atoms with E-state index in [0.717, 1.165) is 23.3 Å². The van der Waals surface area contributed by atoms with Gasteiger partial charge in [-0.25, -0.2) is 4.63 Å². The smallest absolute Gasteiger partial charge is 0.219 e. The number of hydrogen-bond donors (Lipinski definition) is 2. The van der Waals surface area contributed by atoms with Gasteiger partial charge in [0.25, 0.3) is 0 Å². The van der Waals surface area contributed by atoms with E-state index in [4.69, 9.17) is 4.63 Å². The number of aromatic nitrogens is 3. The maximum Gasteiger partial charge on any atom is 0.219 e. The van der Waals surface area contributed by atoms with Gasteiger partial charge in [0.2, 0.25) is 11.6 Å². The summed E-state index contributed by atoms with van der Waals surface area (Å²) in [6, 6.07) is 3.50. The Labute approximate surface area is 126 Å². The Kier molecular flexibility index (Phi) is 2.92. The van der Waals surface area contributed by atoms with Crippen LogP contribution in [0.25, 0.3) is 0 Å². The highest BCUT2D eigenvalue weighted by Gasteiger charge is 2.35. The first kappa shape index (κ1) is 13.0. The largest absolute Gasteiger partial charge is 0.353 e. The van der Waals surface area contributed by atoms with E-state index in [1.54, 1.807) is 12.4 Å². The van der Waals surface area contributed by atoms with E-state index in [-0.39, 0.29) is 11.8 Å². The Morgan fingerprint density at radius 1 is 1.27 bits per heavy atom. The molecule has 0 saturated carbocycles. The summed E-state index contributed by atoms with van der Waals surface area (Å²) in [5.41, 5.74) is 2.54. The van der Waals surface area contributed by atoms with Crippen LogP contribution in [0.5, 0.6) is 0 Å². The normalized spacial score (nSPS) is 24.0. The molecule has 2 aliphatic rings. The summed E-state index contributed by atoms with van der Waals surface area (Å²) in [5, 5.41) is 14.2. The van der Waals surface area contributed by atoms with Crippen molar-refractivity contribution in [3.05, 3.63) is 41.4 Å². The summed E-state index contributed by atoms with van der Waals surface area (Å²) in [6.45, 7) is 2.07. The van der Waals surface area contributed by atoms with Crippen LogP contribution in [0.15, 0.2) is 40.4 Å². The van der Waals surface area contributed by atoms with Gasteiger partial charge in [0.15, 0.2) is 5.78 Å². The number of carbonyl (C=O) groups is 1. The average molecular weight is 297 g/mol. The summed E-state index contributed by atoms with van der Waals surface area (Å²) in [5.74, 6) is 1.46. The molecule has 0 aromatic carbocycles. The lowest BCUT2D eigenvalue weighted by Gasteiger charge is -2.27. The molecule has 0 radical (unpaired) electrons. The zero-order valence-corrected chi connectivity index (χ0v) is 12.0. The molecule has 0 bridgehead atoms. The van der Waals surface area contributed by atoms with Crippen LogP contribution in [0.1, 0.15) is 31.4 Å². The molecule has 0 saturated heterocycles. The maximum absolute atomic E-state index is 12.6. The Balaban J connectivity index is 1.87. The van der Waals surface area contributed by atoms with Crippen LogP contribution in [0, 0.1) is 5.92 Å². The van der Waals surface area contributed by atoms with Gasteiger partial charge in [-0.2, -0.15) is 0 Å². The van der Waals surface area contributed by atoms with Crippen LogP contribution < -0.4 is 10.6 Å². The molecule has 112 valence electrons. The van der Waals surface area contributed by atoms with E-state index in [1.807, 2.05) is 12.1 Å². The quantitative estimate of drug-likeness (QED) is 0.834. The van der Waals surface area contributed by atoms with Crippen LogP contribution in [-0.4, -0.2) is 21.1 Å². The lowest BCUT2D eigenvalue weighted by molar-refractivity contribution is -0.117. The van der Waals surface area contributed by atoms with Crippen molar-refractivity contribution in [3.8, 4) is 0 Å². The number of hydrogen-bond acceptors (Lipinski definition) is 7. The van der Waals surface area contributed by atoms with Crippen molar-refractivity contribution in [2.24, 2.45) is 5.92 Å². The number of anilines is 2. The number of nitrogens with zero attached hydrogens (tertiary/aromatic N) is 3. The summed E-state index contributed by atoms with van der Waals surface area (Å²) in [4.78, 5) is 16.8. The van der Waals surface area contributed by atoms with Gasteiger partial charge in [0, 0.05) is 30.1 Å². The molecule has 2 aromatic rings. The van der Waals surface area contributed by atoms with E-state index in [9.17, 15) is 4.79 Å². The molecule has 2 N–H and O–H groups in total. The minimum Gasteiger partial charge on any atom is -0.353 e. The van der Waals surface area contributed by atoms with Gasteiger partial charge in [-0.1, -0.05) is 13.0 Å². The van der Waals surface area contributed by atoms with Crippen LogP contribution in [0.3, 0.4) is 0 Å². The number of allylic oxidation sites excluding steroid dienone is 1. The third-order valence-corrected chi connectivity index (χ3v) is 4.06. The molecule has 0 unspecified atom stereocenters. The standard InChI is InChI=1S/C15H15N5O2/c1-8-5-10-12(11(21)6-8)13(9-3-2-4-16-7-9)18-15-14(17-10)19-22-20-15/h2-4,7-8,13H,5-6H2,1H3,(H,17,19)(H,18,20)/t8-,13-/m1/s1. The highest BCUT2D eigenvalue weighted by Crippen LogP contribution is 2.40. The first-order valence-electron chi connectivity index (χ1n) is 7.24. The molecular weight excluding hydrogens is 282 g/mol. The Hall–Kier alpha value is -2.70. The minimum atomic E-state index is -0.302.